The molecule has 0 atom stereocenters. The Kier molecular flexibility index (Phi) is 3.63. The van der Waals surface area contributed by atoms with Gasteiger partial charge in [-0.2, -0.15) is 10.2 Å². The standard InChI is InChI=1S/C12H17N5O/c1-18-12(3-6-13)4-8-17(9-5-12)11-15-7-2-10(14)16-11/h2,7H,3-5,8-9H2,1H3,(H2,14,15,16). The molecule has 1 aromatic rings. The van der Waals surface area contributed by atoms with Crippen molar-refractivity contribution < 1.29 is 4.74 Å². The number of methoxy groups -OCH3 is 1. The molecule has 0 radical (unpaired) electrons. The molecule has 0 bridgehead atoms. The highest BCUT2D eigenvalue weighted by atomic mass is 16.5. The maximum absolute atomic E-state index is 8.85. The number of anilines is 2. The number of nitriles is 1. The van der Waals surface area contributed by atoms with E-state index in [1.54, 1.807) is 19.4 Å². The molecule has 2 rings (SSSR count). The molecule has 0 aromatic carbocycles. The highest BCUT2D eigenvalue weighted by Gasteiger charge is 2.35. The molecule has 18 heavy (non-hydrogen) atoms. The Hall–Kier alpha value is -1.87. The van der Waals surface area contributed by atoms with Gasteiger partial charge in [0, 0.05) is 26.4 Å². The zero-order valence-electron chi connectivity index (χ0n) is 10.5. The van der Waals surface area contributed by atoms with Crippen molar-refractivity contribution >= 4 is 11.8 Å². The predicted molar refractivity (Wildman–Crippen MR) is 67.9 cm³/mol. The van der Waals surface area contributed by atoms with E-state index >= 15 is 0 Å². The van der Waals surface area contributed by atoms with Crippen molar-refractivity contribution in [2.75, 3.05) is 30.8 Å². The topological polar surface area (TPSA) is 88.1 Å². The molecule has 1 aliphatic rings. The first kappa shape index (κ1) is 12.6. The predicted octanol–water partition coefficient (Wildman–Crippen LogP) is 0.958. The number of hydrogen-bond acceptors (Lipinski definition) is 6. The fraction of sp³-hybridized carbons (Fsp3) is 0.583. The van der Waals surface area contributed by atoms with E-state index in [2.05, 4.69) is 20.9 Å². The first-order valence-electron chi connectivity index (χ1n) is 5.95. The minimum atomic E-state index is -0.314. The summed E-state index contributed by atoms with van der Waals surface area (Å²) in [5, 5.41) is 8.85. The lowest BCUT2D eigenvalue weighted by Gasteiger charge is -2.39. The molecule has 1 aromatic heterocycles. The van der Waals surface area contributed by atoms with Crippen LogP contribution < -0.4 is 10.6 Å². The van der Waals surface area contributed by atoms with E-state index in [9.17, 15) is 0 Å². The van der Waals surface area contributed by atoms with Gasteiger partial charge in [-0.1, -0.05) is 0 Å². The monoisotopic (exact) mass is 247 g/mol. The van der Waals surface area contributed by atoms with Crippen LogP contribution in [0.5, 0.6) is 0 Å². The van der Waals surface area contributed by atoms with Crippen LogP contribution in [0.4, 0.5) is 11.8 Å². The molecule has 2 heterocycles. The summed E-state index contributed by atoms with van der Waals surface area (Å²) < 4.78 is 5.51. The van der Waals surface area contributed by atoms with Gasteiger partial charge in [-0.05, 0) is 18.9 Å². The van der Waals surface area contributed by atoms with Crippen molar-refractivity contribution in [1.82, 2.24) is 9.97 Å². The molecule has 2 N–H and O–H groups in total. The molecule has 0 spiro atoms. The highest BCUT2D eigenvalue weighted by molar-refractivity contribution is 5.38. The Bertz CT molecular complexity index is 448. The molecule has 0 amide bonds. The summed E-state index contributed by atoms with van der Waals surface area (Å²) in [6, 6.07) is 3.87. The SMILES string of the molecule is COC1(CC#N)CCN(c2nccc(N)n2)CC1. The average molecular weight is 247 g/mol. The molecule has 6 heteroatoms. The summed E-state index contributed by atoms with van der Waals surface area (Å²) in [5.74, 6) is 1.12. The van der Waals surface area contributed by atoms with E-state index in [0.29, 0.717) is 18.2 Å². The fourth-order valence-corrected chi connectivity index (χ4v) is 2.23. The summed E-state index contributed by atoms with van der Waals surface area (Å²) >= 11 is 0. The molecule has 0 saturated carbocycles. The van der Waals surface area contributed by atoms with Gasteiger partial charge in [-0.25, -0.2) is 4.98 Å². The van der Waals surface area contributed by atoms with E-state index in [1.165, 1.54) is 0 Å². The number of rotatable bonds is 3. The number of hydrogen-bond donors (Lipinski definition) is 1. The van der Waals surface area contributed by atoms with Crippen LogP contribution in [0.1, 0.15) is 19.3 Å². The smallest absolute Gasteiger partial charge is 0.227 e. The molecule has 6 nitrogen and oxygen atoms in total. The Morgan fingerprint density at radius 1 is 1.56 bits per heavy atom. The average Bonchev–Trinajstić information content (AvgIpc) is 2.40. The molecule has 1 aliphatic heterocycles. The molecule has 1 fully saturated rings. The van der Waals surface area contributed by atoms with Gasteiger partial charge in [0.2, 0.25) is 5.95 Å². The number of ether oxygens (including phenoxy) is 1. The van der Waals surface area contributed by atoms with Gasteiger partial charge in [0.05, 0.1) is 18.1 Å². The normalized spacial score (nSPS) is 18.3. The quantitative estimate of drug-likeness (QED) is 0.855. The second-order valence-corrected chi connectivity index (χ2v) is 4.49. The number of aromatic nitrogens is 2. The minimum absolute atomic E-state index is 0.314. The van der Waals surface area contributed by atoms with E-state index in [1.807, 2.05) is 0 Å². The third-order valence-corrected chi connectivity index (χ3v) is 3.46. The van der Waals surface area contributed by atoms with Gasteiger partial charge in [0.1, 0.15) is 5.82 Å². The lowest BCUT2D eigenvalue weighted by molar-refractivity contribution is -0.0256. The van der Waals surface area contributed by atoms with Gasteiger partial charge in [-0.15, -0.1) is 0 Å². The maximum atomic E-state index is 8.85. The molecular weight excluding hydrogens is 230 g/mol. The first-order valence-corrected chi connectivity index (χ1v) is 5.95. The minimum Gasteiger partial charge on any atom is -0.384 e. The first-order chi connectivity index (χ1) is 8.69. The summed E-state index contributed by atoms with van der Waals surface area (Å²) in [7, 11) is 1.67. The number of nitrogens with two attached hydrogens (primary N) is 1. The third-order valence-electron chi connectivity index (χ3n) is 3.46. The Labute approximate surface area is 106 Å². The van der Waals surface area contributed by atoms with Crippen LogP contribution in [0, 0.1) is 11.3 Å². The number of nitrogen functional groups attached to an aromatic ring is 1. The van der Waals surface area contributed by atoms with Gasteiger partial charge in [-0.3, -0.25) is 0 Å². The zero-order chi connectivity index (χ0) is 13.0. The van der Waals surface area contributed by atoms with Crippen molar-refractivity contribution in [3.05, 3.63) is 12.3 Å². The van der Waals surface area contributed by atoms with Crippen LogP contribution in [0.3, 0.4) is 0 Å². The van der Waals surface area contributed by atoms with Gasteiger partial charge >= 0.3 is 0 Å². The van der Waals surface area contributed by atoms with Gasteiger partial charge in [0.15, 0.2) is 0 Å². The van der Waals surface area contributed by atoms with E-state index < -0.39 is 0 Å². The van der Waals surface area contributed by atoms with Gasteiger partial charge < -0.3 is 15.4 Å². The van der Waals surface area contributed by atoms with Crippen LogP contribution in [0.2, 0.25) is 0 Å². The summed E-state index contributed by atoms with van der Waals surface area (Å²) in [6.07, 6.45) is 3.69. The van der Waals surface area contributed by atoms with E-state index in [4.69, 9.17) is 15.7 Å². The van der Waals surface area contributed by atoms with Crippen LogP contribution in [-0.2, 0) is 4.74 Å². The number of piperidine rings is 1. The molecule has 0 aliphatic carbocycles. The number of nitrogens with zero attached hydrogens (tertiary/aromatic N) is 4. The zero-order valence-corrected chi connectivity index (χ0v) is 10.5. The van der Waals surface area contributed by atoms with Crippen molar-refractivity contribution in [3.63, 3.8) is 0 Å². The summed E-state index contributed by atoms with van der Waals surface area (Å²) in [4.78, 5) is 10.5. The molecular formula is C12H17N5O. The third kappa shape index (κ3) is 2.51. The molecule has 0 unspecified atom stereocenters. The second kappa shape index (κ2) is 5.19. The fourth-order valence-electron chi connectivity index (χ4n) is 2.23. The van der Waals surface area contributed by atoms with Crippen LogP contribution >= 0.6 is 0 Å². The molecule has 96 valence electrons. The lowest BCUT2D eigenvalue weighted by atomic mass is 9.88. The van der Waals surface area contributed by atoms with Crippen molar-refractivity contribution in [1.29, 1.82) is 5.26 Å². The largest absolute Gasteiger partial charge is 0.384 e. The molecule has 1 saturated heterocycles. The van der Waals surface area contributed by atoms with Crippen LogP contribution in [-0.4, -0.2) is 35.8 Å². The van der Waals surface area contributed by atoms with Crippen LogP contribution in [0.15, 0.2) is 12.3 Å². The van der Waals surface area contributed by atoms with Crippen molar-refractivity contribution in [2.45, 2.75) is 24.9 Å². The van der Waals surface area contributed by atoms with Crippen molar-refractivity contribution in [2.24, 2.45) is 0 Å². The summed E-state index contributed by atoms with van der Waals surface area (Å²) in [5.41, 5.74) is 5.33. The summed E-state index contributed by atoms with van der Waals surface area (Å²) in [6.45, 7) is 1.55. The Balaban J connectivity index is 2.04. The Morgan fingerprint density at radius 3 is 2.83 bits per heavy atom. The van der Waals surface area contributed by atoms with Crippen molar-refractivity contribution in [3.8, 4) is 6.07 Å². The van der Waals surface area contributed by atoms with E-state index in [0.717, 1.165) is 25.9 Å². The Morgan fingerprint density at radius 2 is 2.28 bits per heavy atom. The van der Waals surface area contributed by atoms with E-state index in [-0.39, 0.29) is 5.60 Å². The highest BCUT2D eigenvalue weighted by Crippen LogP contribution is 2.30. The second-order valence-electron chi connectivity index (χ2n) is 4.49. The maximum Gasteiger partial charge on any atom is 0.227 e. The van der Waals surface area contributed by atoms with Crippen LogP contribution in [0.25, 0.3) is 0 Å². The van der Waals surface area contributed by atoms with Gasteiger partial charge in [0.25, 0.3) is 0 Å². The lowest BCUT2D eigenvalue weighted by Crippen LogP contribution is -2.46.